The SMILES string of the molecule is CN(C)c1ccc(NCC2C=C(N)C=CC2(N)CCC(O)O)cc1. The van der Waals surface area contributed by atoms with E-state index in [0.29, 0.717) is 18.7 Å². The predicted octanol–water partition coefficient (Wildman–Crippen LogP) is 0.981. The highest BCUT2D eigenvalue weighted by Crippen LogP contribution is 2.29. The molecule has 6 nitrogen and oxygen atoms in total. The topological polar surface area (TPSA) is 108 Å². The quantitative estimate of drug-likeness (QED) is 0.477. The molecule has 1 aromatic carbocycles. The molecule has 1 aliphatic carbocycles. The second-order valence-electron chi connectivity index (χ2n) is 6.56. The summed E-state index contributed by atoms with van der Waals surface area (Å²) < 4.78 is 0. The number of nitrogens with one attached hydrogen (secondary N) is 1. The molecular formula is C18H28N4O2. The molecule has 2 atom stereocenters. The van der Waals surface area contributed by atoms with Crippen LogP contribution in [0.3, 0.4) is 0 Å². The number of nitrogens with zero attached hydrogens (tertiary/aromatic N) is 1. The average molecular weight is 332 g/mol. The van der Waals surface area contributed by atoms with E-state index in [1.54, 1.807) is 6.08 Å². The molecular weight excluding hydrogens is 304 g/mol. The van der Waals surface area contributed by atoms with Crippen molar-refractivity contribution in [1.82, 2.24) is 0 Å². The molecule has 0 heterocycles. The maximum Gasteiger partial charge on any atom is 0.151 e. The van der Waals surface area contributed by atoms with E-state index in [1.807, 2.05) is 55.4 Å². The Labute approximate surface area is 143 Å². The van der Waals surface area contributed by atoms with E-state index in [2.05, 4.69) is 5.32 Å². The van der Waals surface area contributed by atoms with Crippen LogP contribution in [0.5, 0.6) is 0 Å². The predicted molar refractivity (Wildman–Crippen MR) is 98.5 cm³/mol. The lowest BCUT2D eigenvalue weighted by atomic mass is 9.77. The fourth-order valence-corrected chi connectivity index (χ4v) is 2.82. The summed E-state index contributed by atoms with van der Waals surface area (Å²) >= 11 is 0. The van der Waals surface area contributed by atoms with Gasteiger partial charge in [-0.2, -0.15) is 0 Å². The van der Waals surface area contributed by atoms with Crippen molar-refractivity contribution in [1.29, 1.82) is 0 Å². The van der Waals surface area contributed by atoms with Crippen LogP contribution >= 0.6 is 0 Å². The monoisotopic (exact) mass is 332 g/mol. The Morgan fingerprint density at radius 1 is 1.25 bits per heavy atom. The van der Waals surface area contributed by atoms with Gasteiger partial charge in [-0.15, -0.1) is 0 Å². The number of hydrogen-bond acceptors (Lipinski definition) is 6. The second kappa shape index (κ2) is 7.70. The highest BCUT2D eigenvalue weighted by Gasteiger charge is 2.33. The Morgan fingerprint density at radius 3 is 2.50 bits per heavy atom. The van der Waals surface area contributed by atoms with E-state index in [-0.39, 0.29) is 12.3 Å². The van der Waals surface area contributed by atoms with E-state index < -0.39 is 11.8 Å². The standard InChI is InChI=1S/C18H28N4O2/c1-22(2)16-5-3-15(4-6-16)21-12-13-11-14(19)7-9-18(13,20)10-8-17(23)24/h3-7,9,11,13,17,21,23-24H,8,10,12,19-20H2,1-2H3. The third-order valence-corrected chi connectivity index (χ3v) is 4.42. The van der Waals surface area contributed by atoms with Gasteiger partial charge >= 0.3 is 0 Å². The average Bonchev–Trinajstić information content (AvgIpc) is 2.54. The Kier molecular flexibility index (Phi) is 5.88. The smallest absolute Gasteiger partial charge is 0.151 e. The molecule has 0 fully saturated rings. The molecule has 2 rings (SSSR count). The molecule has 132 valence electrons. The van der Waals surface area contributed by atoms with Gasteiger partial charge in [0.25, 0.3) is 0 Å². The van der Waals surface area contributed by atoms with Crippen molar-refractivity contribution in [3.63, 3.8) is 0 Å². The summed E-state index contributed by atoms with van der Waals surface area (Å²) in [4.78, 5) is 2.05. The highest BCUT2D eigenvalue weighted by molar-refractivity contribution is 5.54. The van der Waals surface area contributed by atoms with Crippen LogP contribution < -0.4 is 21.7 Å². The minimum Gasteiger partial charge on any atom is -0.399 e. The Bertz CT molecular complexity index is 596. The number of allylic oxidation sites excluding steroid dienone is 1. The van der Waals surface area contributed by atoms with Gasteiger partial charge in [0.15, 0.2) is 6.29 Å². The molecule has 24 heavy (non-hydrogen) atoms. The lowest BCUT2D eigenvalue weighted by Gasteiger charge is -2.36. The van der Waals surface area contributed by atoms with Gasteiger partial charge in [-0.1, -0.05) is 12.2 Å². The van der Waals surface area contributed by atoms with Crippen LogP contribution in [0, 0.1) is 5.92 Å². The first-order valence-corrected chi connectivity index (χ1v) is 8.13. The number of aliphatic hydroxyl groups excluding tert-OH is 1. The fraction of sp³-hybridized carbons (Fsp3) is 0.444. The number of benzene rings is 1. The zero-order chi connectivity index (χ0) is 17.7. The first-order chi connectivity index (χ1) is 11.3. The largest absolute Gasteiger partial charge is 0.399 e. The fourth-order valence-electron chi connectivity index (χ4n) is 2.82. The third-order valence-electron chi connectivity index (χ3n) is 4.42. The molecule has 2 unspecified atom stereocenters. The Morgan fingerprint density at radius 2 is 1.92 bits per heavy atom. The number of aliphatic hydroxyl groups is 2. The molecule has 0 saturated carbocycles. The van der Waals surface area contributed by atoms with E-state index in [4.69, 9.17) is 21.7 Å². The zero-order valence-corrected chi connectivity index (χ0v) is 14.3. The van der Waals surface area contributed by atoms with Gasteiger partial charge in [0, 0.05) is 49.2 Å². The summed E-state index contributed by atoms with van der Waals surface area (Å²) in [6.45, 7) is 0.615. The van der Waals surface area contributed by atoms with Crippen LogP contribution in [0.1, 0.15) is 12.8 Å². The van der Waals surface area contributed by atoms with Gasteiger partial charge in [-0.25, -0.2) is 0 Å². The number of rotatable bonds is 7. The molecule has 0 aliphatic heterocycles. The summed E-state index contributed by atoms with van der Waals surface area (Å²) in [6.07, 6.45) is 4.93. The summed E-state index contributed by atoms with van der Waals surface area (Å²) in [5.41, 5.74) is 14.6. The van der Waals surface area contributed by atoms with Crippen molar-refractivity contribution >= 4 is 11.4 Å². The molecule has 1 aliphatic rings. The van der Waals surface area contributed by atoms with Crippen LogP contribution in [-0.4, -0.2) is 42.7 Å². The van der Waals surface area contributed by atoms with Crippen molar-refractivity contribution in [3.05, 3.63) is 48.2 Å². The van der Waals surface area contributed by atoms with Gasteiger partial charge in [-0.05, 0) is 43.2 Å². The van der Waals surface area contributed by atoms with Crippen molar-refractivity contribution in [3.8, 4) is 0 Å². The summed E-state index contributed by atoms with van der Waals surface area (Å²) in [5, 5.41) is 21.6. The maximum absolute atomic E-state index is 9.13. The Balaban J connectivity index is 2.03. The number of anilines is 2. The first-order valence-electron chi connectivity index (χ1n) is 8.13. The highest BCUT2D eigenvalue weighted by atomic mass is 16.5. The minimum atomic E-state index is -1.35. The van der Waals surface area contributed by atoms with Gasteiger partial charge in [0.05, 0.1) is 0 Å². The van der Waals surface area contributed by atoms with Crippen LogP contribution in [0.15, 0.2) is 48.2 Å². The normalized spacial score (nSPS) is 23.2. The molecule has 0 amide bonds. The van der Waals surface area contributed by atoms with Crippen molar-refractivity contribution < 1.29 is 10.2 Å². The second-order valence-corrected chi connectivity index (χ2v) is 6.56. The Hall–Kier alpha value is -2.02. The van der Waals surface area contributed by atoms with Crippen molar-refractivity contribution in [2.24, 2.45) is 17.4 Å². The lowest BCUT2D eigenvalue weighted by molar-refractivity contribution is -0.0495. The molecule has 0 radical (unpaired) electrons. The molecule has 6 heteroatoms. The van der Waals surface area contributed by atoms with Gasteiger partial charge < -0.3 is 31.9 Å². The number of hydrogen-bond donors (Lipinski definition) is 5. The number of nitrogens with two attached hydrogens (primary N) is 2. The summed E-state index contributed by atoms with van der Waals surface area (Å²) in [5.74, 6) is -0.0326. The third kappa shape index (κ3) is 4.74. The van der Waals surface area contributed by atoms with Gasteiger partial charge in [0.2, 0.25) is 0 Å². The minimum absolute atomic E-state index is 0.0326. The zero-order valence-electron chi connectivity index (χ0n) is 14.3. The van der Waals surface area contributed by atoms with Crippen LogP contribution in [0.2, 0.25) is 0 Å². The molecule has 0 saturated heterocycles. The molecule has 1 aromatic rings. The van der Waals surface area contributed by atoms with Gasteiger partial charge in [0.1, 0.15) is 0 Å². The van der Waals surface area contributed by atoms with Crippen molar-refractivity contribution in [2.45, 2.75) is 24.7 Å². The van der Waals surface area contributed by atoms with Crippen LogP contribution in [-0.2, 0) is 0 Å². The lowest BCUT2D eigenvalue weighted by Crippen LogP contribution is -2.49. The summed E-state index contributed by atoms with van der Waals surface area (Å²) in [7, 11) is 4.01. The van der Waals surface area contributed by atoms with E-state index >= 15 is 0 Å². The first kappa shape index (κ1) is 18.3. The summed E-state index contributed by atoms with van der Waals surface area (Å²) in [6, 6.07) is 8.14. The molecule has 0 aromatic heterocycles. The van der Waals surface area contributed by atoms with Crippen LogP contribution in [0.4, 0.5) is 11.4 Å². The molecule has 0 bridgehead atoms. The van der Waals surface area contributed by atoms with Gasteiger partial charge in [-0.3, -0.25) is 0 Å². The van der Waals surface area contributed by atoms with Crippen molar-refractivity contribution in [2.75, 3.05) is 30.9 Å². The van der Waals surface area contributed by atoms with E-state index in [0.717, 1.165) is 11.4 Å². The van der Waals surface area contributed by atoms with Crippen LogP contribution in [0.25, 0.3) is 0 Å². The van der Waals surface area contributed by atoms with E-state index in [1.165, 1.54) is 0 Å². The maximum atomic E-state index is 9.13. The van der Waals surface area contributed by atoms with E-state index in [9.17, 15) is 0 Å². The molecule has 0 spiro atoms. The molecule has 7 N–H and O–H groups in total.